The molecule has 1 amide bonds. The van der Waals surface area contributed by atoms with Crippen LogP contribution in [-0.2, 0) is 4.79 Å². The molecule has 0 aliphatic rings. The molecule has 1 rings (SSSR count). The number of hydrogen-bond donors (Lipinski definition) is 1. The van der Waals surface area contributed by atoms with E-state index in [2.05, 4.69) is 34.0 Å². The summed E-state index contributed by atoms with van der Waals surface area (Å²) in [6.07, 6.45) is 2.67. The minimum absolute atomic E-state index is 0.161. The number of likely N-dealkylation sites (N-methyl/N-ethyl adjacent to an activating group) is 1. The van der Waals surface area contributed by atoms with Crippen molar-refractivity contribution in [1.82, 2.24) is 10.2 Å². The fourth-order valence-electron chi connectivity index (χ4n) is 1.70. The zero-order valence-corrected chi connectivity index (χ0v) is 11.7. The van der Waals surface area contributed by atoms with Crippen LogP contribution in [0.5, 0.6) is 0 Å². The minimum atomic E-state index is 0.161. The van der Waals surface area contributed by atoms with E-state index in [-0.39, 0.29) is 11.9 Å². The van der Waals surface area contributed by atoms with Crippen LogP contribution in [0.25, 0.3) is 0 Å². The van der Waals surface area contributed by atoms with Gasteiger partial charge in [0.2, 0.25) is 5.91 Å². The molecule has 1 aromatic heterocycles. The molecule has 1 heterocycles. The van der Waals surface area contributed by atoms with Crippen molar-refractivity contribution >= 4 is 17.2 Å². The first-order chi connectivity index (χ1) is 8.15. The molecule has 1 atom stereocenters. The van der Waals surface area contributed by atoms with Gasteiger partial charge >= 0.3 is 0 Å². The predicted octanol–water partition coefficient (Wildman–Crippen LogP) is 2.66. The number of amides is 1. The van der Waals surface area contributed by atoms with Gasteiger partial charge in [-0.05, 0) is 42.9 Å². The van der Waals surface area contributed by atoms with Gasteiger partial charge < -0.3 is 10.2 Å². The van der Waals surface area contributed by atoms with Gasteiger partial charge in [-0.2, -0.15) is 11.3 Å². The van der Waals surface area contributed by atoms with E-state index in [0.29, 0.717) is 13.0 Å². The average molecular weight is 254 g/mol. The highest BCUT2D eigenvalue weighted by molar-refractivity contribution is 7.07. The Labute approximate surface area is 108 Å². The molecule has 0 saturated heterocycles. The predicted molar refractivity (Wildman–Crippen MR) is 73.3 cm³/mol. The Morgan fingerprint density at radius 2 is 2.29 bits per heavy atom. The van der Waals surface area contributed by atoms with Crippen LogP contribution in [0, 0.1) is 0 Å². The lowest BCUT2D eigenvalue weighted by Gasteiger charge is -2.24. The molecule has 4 heteroatoms. The number of rotatable bonds is 7. The van der Waals surface area contributed by atoms with Gasteiger partial charge in [0, 0.05) is 13.0 Å². The summed E-state index contributed by atoms with van der Waals surface area (Å²) in [6, 6.07) is 2.39. The summed E-state index contributed by atoms with van der Waals surface area (Å²) in [7, 11) is 4.08. The Morgan fingerprint density at radius 3 is 2.82 bits per heavy atom. The summed E-state index contributed by atoms with van der Waals surface area (Å²) in [5.74, 6) is 0.161. The van der Waals surface area contributed by atoms with Gasteiger partial charge in [-0.25, -0.2) is 0 Å². The molecule has 1 aromatic rings. The molecule has 1 unspecified atom stereocenters. The molecular weight excluding hydrogens is 232 g/mol. The van der Waals surface area contributed by atoms with E-state index < -0.39 is 0 Å². The van der Waals surface area contributed by atoms with E-state index >= 15 is 0 Å². The quantitative estimate of drug-likeness (QED) is 0.811. The van der Waals surface area contributed by atoms with E-state index in [4.69, 9.17) is 0 Å². The molecule has 17 heavy (non-hydrogen) atoms. The van der Waals surface area contributed by atoms with Crippen molar-refractivity contribution in [3.8, 4) is 0 Å². The first-order valence-electron chi connectivity index (χ1n) is 6.10. The first kappa shape index (κ1) is 14.2. The molecule has 1 N–H and O–H groups in total. The standard InChI is InChI=1S/C13H22N2OS/c1-4-5-6-13(16)14-9-12(15(2)3)11-7-8-17-10-11/h7-8,10,12H,4-6,9H2,1-3H3,(H,14,16). The topological polar surface area (TPSA) is 32.3 Å². The number of thiophene rings is 1. The third kappa shape index (κ3) is 4.88. The molecule has 96 valence electrons. The highest BCUT2D eigenvalue weighted by Gasteiger charge is 2.15. The summed E-state index contributed by atoms with van der Waals surface area (Å²) < 4.78 is 0. The molecule has 3 nitrogen and oxygen atoms in total. The van der Waals surface area contributed by atoms with Gasteiger partial charge in [0.05, 0.1) is 6.04 Å². The number of nitrogens with zero attached hydrogens (tertiary/aromatic N) is 1. The third-order valence-electron chi connectivity index (χ3n) is 2.80. The lowest BCUT2D eigenvalue weighted by molar-refractivity contribution is -0.121. The number of carbonyl (C=O) groups is 1. The highest BCUT2D eigenvalue weighted by atomic mass is 32.1. The van der Waals surface area contributed by atoms with Crippen molar-refractivity contribution in [3.05, 3.63) is 22.4 Å². The summed E-state index contributed by atoms with van der Waals surface area (Å²) >= 11 is 1.69. The molecule has 0 radical (unpaired) electrons. The van der Waals surface area contributed by atoms with Crippen LogP contribution >= 0.6 is 11.3 Å². The van der Waals surface area contributed by atoms with Crippen LogP contribution in [0.2, 0.25) is 0 Å². The molecule has 0 saturated carbocycles. The maximum atomic E-state index is 11.6. The zero-order chi connectivity index (χ0) is 12.7. The lowest BCUT2D eigenvalue weighted by atomic mass is 10.1. The molecule has 0 spiro atoms. The van der Waals surface area contributed by atoms with Gasteiger partial charge in [-0.15, -0.1) is 0 Å². The second-order valence-electron chi connectivity index (χ2n) is 4.44. The van der Waals surface area contributed by atoms with Crippen molar-refractivity contribution in [1.29, 1.82) is 0 Å². The Hall–Kier alpha value is -0.870. The SMILES string of the molecule is CCCCC(=O)NCC(c1ccsc1)N(C)C. The largest absolute Gasteiger partial charge is 0.354 e. The summed E-state index contributed by atoms with van der Waals surface area (Å²) in [5.41, 5.74) is 1.27. The fourth-order valence-corrected chi connectivity index (χ4v) is 2.41. The molecule has 0 aliphatic heterocycles. The van der Waals surface area contributed by atoms with Crippen molar-refractivity contribution in [2.75, 3.05) is 20.6 Å². The Balaban J connectivity index is 2.43. The van der Waals surface area contributed by atoms with Crippen LogP contribution in [0.15, 0.2) is 16.8 Å². The number of unbranched alkanes of at least 4 members (excludes halogenated alkanes) is 1. The van der Waals surface area contributed by atoms with E-state index in [1.165, 1.54) is 5.56 Å². The smallest absolute Gasteiger partial charge is 0.220 e. The van der Waals surface area contributed by atoms with E-state index in [1.54, 1.807) is 11.3 Å². The average Bonchev–Trinajstić information content (AvgIpc) is 2.79. The maximum absolute atomic E-state index is 11.6. The van der Waals surface area contributed by atoms with Crippen molar-refractivity contribution < 1.29 is 4.79 Å². The van der Waals surface area contributed by atoms with Crippen molar-refractivity contribution in [2.24, 2.45) is 0 Å². The fraction of sp³-hybridized carbons (Fsp3) is 0.615. The number of carbonyl (C=O) groups excluding carboxylic acids is 1. The van der Waals surface area contributed by atoms with E-state index in [0.717, 1.165) is 12.8 Å². The molecule has 0 aliphatic carbocycles. The van der Waals surface area contributed by atoms with Gasteiger partial charge in [0.25, 0.3) is 0 Å². The molecule has 0 bridgehead atoms. The van der Waals surface area contributed by atoms with Crippen molar-refractivity contribution in [3.63, 3.8) is 0 Å². The van der Waals surface area contributed by atoms with E-state index in [9.17, 15) is 4.79 Å². The molecule has 0 fully saturated rings. The van der Waals surface area contributed by atoms with E-state index in [1.807, 2.05) is 14.1 Å². The lowest BCUT2D eigenvalue weighted by Crippen LogP contribution is -2.34. The van der Waals surface area contributed by atoms with Crippen LogP contribution in [0.1, 0.15) is 37.8 Å². The summed E-state index contributed by atoms with van der Waals surface area (Å²) in [6.45, 7) is 2.79. The summed E-state index contributed by atoms with van der Waals surface area (Å²) in [4.78, 5) is 13.7. The Morgan fingerprint density at radius 1 is 1.53 bits per heavy atom. The zero-order valence-electron chi connectivity index (χ0n) is 10.9. The van der Waals surface area contributed by atoms with Crippen LogP contribution in [0.3, 0.4) is 0 Å². The van der Waals surface area contributed by atoms with Gasteiger partial charge in [0.15, 0.2) is 0 Å². The van der Waals surface area contributed by atoms with Gasteiger partial charge in [0.1, 0.15) is 0 Å². The van der Waals surface area contributed by atoms with Crippen LogP contribution < -0.4 is 5.32 Å². The van der Waals surface area contributed by atoms with Crippen LogP contribution in [0.4, 0.5) is 0 Å². The Kier molecular flexibility index (Phi) is 6.22. The number of nitrogens with one attached hydrogen (secondary N) is 1. The normalized spacial score (nSPS) is 12.7. The van der Waals surface area contributed by atoms with Gasteiger partial charge in [-0.3, -0.25) is 4.79 Å². The van der Waals surface area contributed by atoms with Crippen molar-refractivity contribution in [2.45, 2.75) is 32.2 Å². The van der Waals surface area contributed by atoms with Gasteiger partial charge in [-0.1, -0.05) is 13.3 Å². The maximum Gasteiger partial charge on any atom is 0.220 e. The van der Waals surface area contributed by atoms with Crippen LogP contribution in [-0.4, -0.2) is 31.4 Å². The first-order valence-corrected chi connectivity index (χ1v) is 7.04. The Bertz CT molecular complexity index is 322. The third-order valence-corrected chi connectivity index (χ3v) is 3.50. The second kappa shape index (κ2) is 7.45. The minimum Gasteiger partial charge on any atom is -0.354 e. The highest BCUT2D eigenvalue weighted by Crippen LogP contribution is 2.19. The monoisotopic (exact) mass is 254 g/mol. The second-order valence-corrected chi connectivity index (χ2v) is 5.22. The molecular formula is C13H22N2OS. The summed E-state index contributed by atoms with van der Waals surface area (Å²) in [5, 5.41) is 7.23. The number of hydrogen-bond acceptors (Lipinski definition) is 3. The molecule has 0 aromatic carbocycles.